The zero-order valence-corrected chi connectivity index (χ0v) is 20.3. The Morgan fingerprint density at radius 1 is 0.971 bits per heavy atom. The molecule has 0 spiro atoms. The first-order valence-electron chi connectivity index (χ1n) is 11.5. The summed E-state index contributed by atoms with van der Waals surface area (Å²) < 4.78 is 19.0. The molecule has 35 heavy (non-hydrogen) atoms. The summed E-state index contributed by atoms with van der Waals surface area (Å²) in [6.45, 7) is 1.62. The van der Waals surface area contributed by atoms with E-state index in [1.807, 2.05) is 42.5 Å². The number of halogens is 1. The highest BCUT2D eigenvalue weighted by Crippen LogP contribution is 2.26. The van der Waals surface area contributed by atoms with Gasteiger partial charge in [0.2, 0.25) is 0 Å². The van der Waals surface area contributed by atoms with Gasteiger partial charge in [-0.1, -0.05) is 35.9 Å². The summed E-state index contributed by atoms with van der Waals surface area (Å²) in [4.78, 5) is 16.9. The predicted molar refractivity (Wildman–Crippen MR) is 136 cm³/mol. The first kappa shape index (κ1) is 24.4. The number of methoxy groups -OCH3 is 1. The number of hydrogen-bond acceptors (Lipinski definition) is 5. The second kappa shape index (κ2) is 12.1. The number of hydrogen-bond donors (Lipinski definition) is 1. The first-order valence-corrected chi connectivity index (χ1v) is 11.9. The van der Waals surface area contributed by atoms with E-state index in [4.69, 9.17) is 30.8 Å². The average molecular weight is 494 g/mol. The van der Waals surface area contributed by atoms with Crippen molar-refractivity contribution in [2.75, 3.05) is 26.9 Å². The summed E-state index contributed by atoms with van der Waals surface area (Å²) in [6.07, 6.45) is 1.48. The van der Waals surface area contributed by atoms with Crippen molar-refractivity contribution >= 4 is 28.5 Å². The number of fused-ring (bicyclic) bond motifs is 1. The van der Waals surface area contributed by atoms with Gasteiger partial charge in [-0.2, -0.15) is 0 Å². The van der Waals surface area contributed by atoms with Crippen LogP contribution in [0.1, 0.15) is 12.2 Å². The monoisotopic (exact) mass is 493 g/mol. The number of benzene rings is 3. The minimum absolute atomic E-state index is 0.0412. The van der Waals surface area contributed by atoms with Gasteiger partial charge in [-0.25, -0.2) is 4.98 Å². The fourth-order valence-corrected chi connectivity index (χ4v) is 3.88. The van der Waals surface area contributed by atoms with E-state index in [9.17, 15) is 4.79 Å². The number of nitrogens with one attached hydrogen (secondary N) is 1. The molecule has 1 aromatic heterocycles. The van der Waals surface area contributed by atoms with Crippen LogP contribution in [-0.4, -0.2) is 42.3 Å². The number of ether oxygens (including phenoxy) is 3. The van der Waals surface area contributed by atoms with Crippen molar-refractivity contribution in [3.8, 4) is 17.2 Å². The van der Waals surface area contributed by atoms with Crippen molar-refractivity contribution in [2.24, 2.45) is 0 Å². The highest BCUT2D eigenvalue weighted by Gasteiger charge is 2.11. The molecule has 4 rings (SSSR count). The van der Waals surface area contributed by atoms with Gasteiger partial charge in [0.15, 0.2) is 18.1 Å². The Kier molecular flexibility index (Phi) is 8.46. The molecule has 182 valence electrons. The lowest BCUT2D eigenvalue weighted by Gasteiger charge is -2.13. The van der Waals surface area contributed by atoms with Crippen LogP contribution in [0.25, 0.3) is 11.0 Å². The molecule has 1 N–H and O–H groups in total. The average Bonchev–Trinajstić information content (AvgIpc) is 3.24. The Hall–Kier alpha value is -3.71. The molecule has 0 fully saturated rings. The molecule has 0 saturated carbocycles. The smallest absolute Gasteiger partial charge is 0.257 e. The third-order valence-corrected chi connectivity index (χ3v) is 5.71. The van der Waals surface area contributed by atoms with E-state index < -0.39 is 0 Å². The van der Waals surface area contributed by atoms with Crippen LogP contribution in [0.5, 0.6) is 17.2 Å². The fourth-order valence-electron chi connectivity index (χ4n) is 3.76. The quantitative estimate of drug-likeness (QED) is 0.284. The van der Waals surface area contributed by atoms with Crippen molar-refractivity contribution in [2.45, 2.75) is 19.4 Å². The third-order valence-electron chi connectivity index (χ3n) is 5.46. The molecular formula is C27H28ClN3O4. The Labute approximate surface area is 209 Å². The molecule has 0 aliphatic rings. The maximum absolute atomic E-state index is 12.1. The maximum atomic E-state index is 12.1. The number of aryl methyl sites for hydroxylation is 1. The zero-order valence-electron chi connectivity index (χ0n) is 19.6. The number of nitrogens with zero attached hydrogens (tertiary/aromatic N) is 2. The zero-order chi connectivity index (χ0) is 24.5. The summed E-state index contributed by atoms with van der Waals surface area (Å²) in [5, 5.41) is 3.52. The summed E-state index contributed by atoms with van der Waals surface area (Å²) in [6, 6.07) is 22.6. The van der Waals surface area contributed by atoms with Crippen LogP contribution in [0, 0.1) is 0 Å². The Balaban J connectivity index is 1.29. The summed E-state index contributed by atoms with van der Waals surface area (Å²) >= 11 is 5.86. The number of para-hydroxylation sites is 4. The van der Waals surface area contributed by atoms with E-state index in [0.29, 0.717) is 42.0 Å². The van der Waals surface area contributed by atoms with Crippen LogP contribution in [-0.2, 0) is 17.8 Å². The van der Waals surface area contributed by atoms with Gasteiger partial charge >= 0.3 is 0 Å². The number of aromatic nitrogens is 2. The molecule has 7 nitrogen and oxygen atoms in total. The van der Waals surface area contributed by atoms with Gasteiger partial charge in [0.05, 0.1) is 24.7 Å². The van der Waals surface area contributed by atoms with Gasteiger partial charge in [-0.15, -0.1) is 0 Å². The minimum Gasteiger partial charge on any atom is -0.493 e. The van der Waals surface area contributed by atoms with Crippen LogP contribution in [0.2, 0.25) is 5.02 Å². The molecule has 0 unspecified atom stereocenters. The standard InChI is InChI=1S/C27H28ClN3O4/c1-33-24-9-4-5-10-25(24)34-18-17-31-23-8-3-2-7-22(23)30-26(31)11-6-16-29-27(32)19-35-21-14-12-20(28)13-15-21/h2-5,7-10,12-15H,6,11,16-19H2,1H3,(H,29,32). The summed E-state index contributed by atoms with van der Waals surface area (Å²) in [7, 11) is 1.63. The molecule has 8 heteroatoms. The lowest BCUT2D eigenvalue weighted by Crippen LogP contribution is -2.30. The number of carbonyl (C=O) groups excluding carboxylic acids is 1. The Bertz CT molecular complexity index is 1260. The van der Waals surface area contributed by atoms with E-state index in [2.05, 4.69) is 16.0 Å². The van der Waals surface area contributed by atoms with E-state index in [1.54, 1.807) is 31.4 Å². The number of carbonyl (C=O) groups is 1. The number of imidazole rings is 1. The van der Waals surface area contributed by atoms with Crippen molar-refractivity contribution in [1.29, 1.82) is 0 Å². The molecule has 0 aliphatic heterocycles. The first-order chi connectivity index (χ1) is 17.1. The molecule has 1 amide bonds. The van der Waals surface area contributed by atoms with Crippen LogP contribution in [0.3, 0.4) is 0 Å². The largest absolute Gasteiger partial charge is 0.493 e. The minimum atomic E-state index is -0.168. The molecule has 0 radical (unpaired) electrons. The van der Waals surface area contributed by atoms with Gasteiger partial charge < -0.3 is 24.1 Å². The van der Waals surface area contributed by atoms with E-state index in [-0.39, 0.29) is 12.5 Å². The molecule has 0 bridgehead atoms. The Morgan fingerprint density at radius 3 is 2.51 bits per heavy atom. The van der Waals surface area contributed by atoms with Crippen LogP contribution >= 0.6 is 11.6 Å². The highest BCUT2D eigenvalue weighted by molar-refractivity contribution is 6.30. The second-order valence-electron chi connectivity index (χ2n) is 7.86. The van der Waals surface area contributed by atoms with E-state index in [1.165, 1.54) is 0 Å². The summed E-state index contributed by atoms with van der Waals surface area (Å²) in [5.74, 6) is 2.82. The molecule has 3 aromatic carbocycles. The van der Waals surface area contributed by atoms with Gasteiger partial charge in [-0.05, 0) is 55.0 Å². The molecule has 0 aliphatic carbocycles. The predicted octanol–water partition coefficient (Wildman–Crippen LogP) is 4.91. The molecule has 0 saturated heterocycles. The van der Waals surface area contributed by atoms with Crippen molar-refractivity contribution < 1.29 is 19.0 Å². The maximum Gasteiger partial charge on any atom is 0.257 e. The lowest BCUT2D eigenvalue weighted by molar-refractivity contribution is -0.123. The Morgan fingerprint density at radius 2 is 1.71 bits per heavy atom. The van der Waals surface area contributed by atoms with Crippen molar-refractivity contribution in [3.63, 3.8) is 0 Å². The topological polar surface area (TPSA) is 74.6 Å². The van der Waals surface area contributed by atoms with Crippen LogP contribution < -0.4 is 19.5 Å². The molecule has 1 heterocycles. The lowest BCUT2D eigenvalue weighted by atomic mass is 10.3. The molecule has 4 aromatic rings. The fraction of sp³-hybridized carbons (Fsp3) is 0.259. The van der Waals surface area contributed by atoms with Crippen molar-refractivity contribution in [1.82, 2.24) is 14.9 Å². The number of rotatable bonds is 12. The second-order valence-corrected chi connectivity index (χ2v) is 8.30. The molecule has 0 atom stereocenters. The van der Waals surface area contributed by atoms with E-state index >= 15 is 0 Å². The van der Waals surface area contributed by atoms with Crippen LogP contribution in [0.4, 0.5) is 0 Å². The highest BCUT2D eigenvalue weighted by atomic mass is 35.5. The van der Waals surface area contributed by atoms with Gasteiger partial charge in [-0.3, -0.25) is 4.79 Å². The normalized spacial score (nSPS) is 10.8. The van der Waals surface area contributed by atoms with Crippen molar-refractivity contribution in [3.05, 3.63) is 83.6 Å². The third kappa shape index (κ3) is 6.67. The number of amides is 1. The SMILES string of the molecule is COc1ccccc1OCCn1c(CCCNC(=O)COc2ccc(Cl)cc2)nc2ccccc21. The van der Waals surface area contributed by atoms with Gasteiger partial charge in [0.1, 0.15) is 18.2 Å². The van der Waals surface area contributed by atoms with Gasteiger partial charge in [0, 0.05) is 18.0 Å². The van der Waals surface area contributed by atoms with Gasteiger partial charge in [0.25, 0.3) is 5.91 Å². The molecular weight excluding hydrogens is 466 g/mol. The summed E-state index contributed by atoms with van der Waals surface area (Å²) in [5.41, 5.74) is 2.01. The van der Waals surface area contributed by atoms with E-state index in [0.717, 1.165) is 29.7 Å². The van der Waals surface area contributed by atoms with Crippen LogP contribution in [0.15, 0.2) is 72.8 Å².